The minimum atomic E-state index is -2.58. The summed E-state index contributed by atoms with van der Waals surface area (Å²) in [6.45, 7) is 2.34. The maximum Gasteiger partial charge on any atom is 0.149 e. The Morgan fingerprint density at radius 3 is 0.944 bits per heavy atom. The molecule has 0 radical (unpaired) electrons. The molecule has 0 aliphatic rings. The molecule has 0 unspecified atom stereocenters. The van der Waals surface area contributed by atoms with Crippen LogP contribution in [-0.4, -0.2) is 15.2 Å². The van der Waals surface area contributed by atoms with Gasteiger partial charge in [-0.05, 0) is 0 Å². The van der Waals surface area contributed by atoms with Crippen molar-refractivity contribution in [2.24, 2.45) is 0 Å². The smallest absolute Gasteiger partial charge is 0.0654 e. The maximum absolute atomic E-state index is 2.58. The van der Waals surface area contributed by atoms with Crippen LogP contribution in [0.25, 0.3) is 0 Å². The van der Waals surface area contributed by atoms with Crippen molar-refractivity contribution in [1.82, 2.24) is 0 Å². The average Bonchev–Trinajstić information content (AvgIpc) is 2.98. The van der Waals surface area contributed by atoms with E-state index in [0.29, 0.717) is 0 Å². The molecule has 5 aromatic carbocycles. The van der Waals surface area contributed by atoms with Gasteiger partial charge in [0.25, 0.3) is 0 Å². The van der Waals surface area contributed by atoms with Crippen molar-refractivity contribution < 1.29 is 0 Å². The van der Waals surface area contributed by atoms with Gasteiger partial charge in [-0.25, -0.2) is 0 Å². The van der Waals surface area contributed by atoms with E-state index in [2.05, 4.69) is 159 Å². The summed E-state index contributed by atoms with van der Waals surface area (Å²) < 4.78 is 0. The number of unbranched alkanes of at least 4 members (excludes halogenated alkanes) is 1. The predicted molar refractivity (Wildman–Crippen MR) is 162 cm³/mol. The van der Waals surface area contributed by atoms with Crippen molar-refractivity contribution in [3.05, 3.63) is 152 Å². The molecule has 0 aliphatic heterocycles. The molecular weight excluding hydrogens is 465 g/mol. The van der Waals surface area contributed by atoms with Gasteiger partial charge < -0.3 is 0 Å². The van der Waals surface area contributed by atoms with Gasteiger partial charge in [0, 0.05) is 0 Å². The third-order valence-electron chi connectivity index (χ3n) is 7.70. The predicted octanol–water partition coefficient (Wildman–Crippen LogP) is 5.30. The van der Waals surface area contributed by atoms with Crippen molar-refractivity contribution in [3.8, 4) is 0 Å². The van der Waals surface area contributed by atoms with Crippen LogP contribution in [0.4, 0.5) is 0 Å². The first-order chi connectivity index (χ1) is 17.8. The number of rotatable bonds is 9. The van der Waals surface area contributed by atoms with Crippen LogP contribution >= 0.6 is 0 Å². The molecule has 0 saturated heterocycles. The molecule has 0 fully saturated rings. The van der Waals surface area contributed by atoms with Crippen molar-refractivity contribution >= 4 is 41.1 Å². The summed E-state index contributed by atoms with van der Waals surface area (Å²) in [5, 5.41) is 7.63. The van der Waals surface area contributed by atoms with E-state index in [1.54, 1.807) is 10.4 Å². The van der Waals surface area contributed by atoms with E-state index in [0.717, 1.165) is 0 Å². The number of hydrogen-bond donors (Lipinski definition) is 0. The van der Waals surface area contributed by atoms with Gasteiger partial charge in [0.1, 0.15) is 15.2 Å². The van der Waals surface area contributed by atoms with Crippen LogP contribution in [0.1, 0.15) is 19.8 Å². The molecular formula is C34H34Si2. The van der Waals surface area contributed by atoms with E-state index in [1.807, 2.05) is 0 Å². The van der Waals surface area contributed by atoms with Gasteiger partial charge in [0.2, 0.25) is 0 Å². The summed E-state index contributed by atoms with van der Waals surface area (Å²) in [5.41, 5.74) is 0. The Balaban J connectivity index is 2.04. The molecule has 2 heteroatoms. The molecule has 0 saturated carbocycles. The molecule has 0 aromatic heterocycles. The zero-order valence-corrected chi connectivity index (χ0v) is 23.1. The largest absolute Gasteiger partial charge is 0.149 e. The maximum atomic E-state index is 2.44. The van der Waals surface area contributed by atoms with E-state index in [4.69, 9.17) is 0 Å². The van der Waals surface area contributed by atoms with Gasteiger partial charge in [-0.3, -0.25) is 0 Å². The number of hydrogen-bond acceptors (Lipinski definition) is 0. The van der Waals surface area contributed by atoms with Crippen molar-refractivity contribution in [1.29, 1.82) is 0 Å². The topological polar surface area (TPSA) is 0 Å². The first-order valence-corrected chi connectivity index (χ1v) is 18.3. The molecule has 5 aromatic rings. The first kappa shape index (κ1) is 24.2. The van der Waals surface area contributed by atoms with Crippen LogP contribution in [0.15, 0.2) is 152 Å². The fourth-order valence-corrected chi connectivity index (χ4v) is 26.6. The van der Waals surface area contributed by atoms with E-state index >= 15 is 0 Å². The second kappa shape index (κ2) is 11.1. The van der Waals surface area contributed by atoms with Gasteiger partial charge in [0.05, 0.1) is 0 Å². The lowest BCUT2D eigenvalue weighted by atomic mass is 10.3. The number of benzene rings is 5. The van der Waals surface area contributed by atoms with Crippen LogP contribution in [0.3, 0.4) is 0 Å². The van der Waals surface area contributed by atoms with E-state index in [9.17, 15) is 0 Å². The lowest BCUT2D eigenvalue weighted by Gasteiger charge is -2.50. The Kier molecular flexibility index (Phi) is 7.45. The average molecular weight is 499 g/mol. The lowest BCUT2D eigenvalue weighted by molar-refractivity contribution is 0.875. The van der Waals surface area contributed by atoms with Crippen LogP contribution in [0.5, 0.6) is 0 Å². The third-order valence-corrected chi connectivity index (χ3v) is 25.2. The van der Waals surface area contributed by atoms with Crippen LogP contribution in [-0.2, 0) is 0 Å². The minimum absolute atomic E-state index is 1.19. The first-order valence-electron chi connectivity index (χ1n) is 13.1. The summed E-state index contributed by atoms with van der Waals surface area (Å²) >= 11 is 0. The van der Waals surface area contributed by atoms with Crippen molar-refractivity contribution in [2.45, 2.75) is 25.8 Å². The molecule has 0 nitrogen and oxygen atoms in total. The zero-order chi connectivity index (χ0) is 24.7. The van der Waals surface area contributed by atoms with Gasteiger partial charge in [-0.15, -0.1) is 0 Å². The normalized spacial score (nSPS) is 11.8. The molecule has 0 N–H and O–H groups in total. The van der Waals surface area contributed by atoms with E-state index < -0.39 is 15.2 Å². The standard InChI is InChI=1S/C34H34Si2/c1-2-3-29-35(30-19-9-4-10-20-30,31-21-11-5-12-22-31)36(32-23-13-6-14-24-32,33-25-15-7-16-26-33)34-27-17-8-18-28-34/h4-28H,2-3,29H2,1H3. The summed E-state index contributed by atoms with van der Waals surface area (Å²) in [7, 11) is -5.02. The highest BCUT2D eigenvalue weighted by atomic mass is 29.3. The van der Waals surface area contributed by atoms with Gasteiger partial charge in [-0.1, -0.05) is 203 Å². The Morgan fingerprint density at radius 1 is 0.389 bits per heavy atom. The molecule has 0 aliphatic carbocycles. The highest BCUT2D eigenvalue weighted by Gasteiger charge is 2.59. The van der Waals surface area contributed by atoms with Gasteiger partial charge in [-0.2, -0.15) is 0 Å². The molecule has 5 rings (SSSR count). The molecule has 0 atom stereocenters. The third kappa shape index (κ3) is 4.11. The summed E-state index contributed by atoms with van der Waals surface area (Å²) in [6.07, 6.45) is 2.41. The van der Waals surface area contributed by atoms with E-state index in [1.165, 1.54) is 34.4 Å². The highest BCUT2D eigenvalue weighted by molar-refractivity contribution is 7.63. The van der Waals surface area contributed by atoms with Crippen LogP contribution in [0.2, 0.25) is 6.04 Å². The molecule has 0 heterocycles. The Bertz CT molecular complexity index is 1200. The molecule has 36 heavy (non-hydrogen) atoms. The van der Waals surface area contributed by atoms with Gasteiger partial charge >= 0.3 is 0 Å². The Labute approximate surface area is 218 Å². The minimum Gasteiger partial charge on any atom is -0.0654 e. The molecule has 0 spiro atoms. The molecule has 0 amide bonds. The second-order valence-corrected chi connectivity index (χ2v) is 21.1. The summed E-state index contributed by atoms with van der Waals surface area (Å²) in [5.74, 6) is 0. The van der Waals surface area contributed by atoms with Crippen molar-refractivity contribution in [3.63, 3.8) is 0 Å². The van der Waals surface area contributed by atoms with Gasteiger partial charge in [0.15, 0.2) is 0 Å². The monoisotopic (exact) mass is 498 g/mol. The fourth-order valence-electron chi connectivity index (χ4n) is 6.27. The Morgan fingerprint density at radius 2 is 0.667 bits per heavy atom. The molecule has 0 bridgehead atoms. The van der Waals surface area contributed by atoms with Crippen LogP contribution < -0.4 is 25.9 Å². The summed E-state index contributed by atoms with van der Waals surface area (Å²) in [4.78, 5) is 0. The van der Waals surface area contributed by atoms with Crippen molar-refractivity contribution in [2.75, 3.05) is 0 Å². The second-order valence-electron chi connectivity index (χ2n) is 9.59. The lowest BCUT2D eigenvalue weighted by Crippen LogP contribution is -2.90. The highest BCUT2D eigenvalue weighted by Crippen LogP contribution is 2.27. The van der Waals surface area contributed by atoms with Crippen LogP contribution in [0, 0.1) is 0 Å². The summed E-state index contributed by atoms with van der Waals surface area (Å²) in [6, 6.07) is 58.9. The molecule has 178 valence electrons. The Hall–Kier alpha value is -3.47. The fraction of sp³-hybridized carbons (Fsp3) is 0.118. The quantitative estimate of drug-likeness (QED) is 0.191. The SMILES string of the molecule is CCCC[Si](c1ccccc1)(c1ccccc1)[Si](c1ccccc1)(c1ccccc1)c1ccccc1. The zero-order valence-electron chi connectivity index (χ0n) is 21.1. The van der Waals surface area contributed by atoms with E-state index in [-0.39, 0.29) is 0 Å².